The third-order valence-electron chi connectivity index (χ3n) is 3.41. The lowest BCUT2D eigenvalue weighted by molar-refractivity contribution is 0.102. The summed E-state index contributed by atoms with van der Waals surface area (Å²) in [7, 11) is 1.58. The number of hydrogen-bond donors (Lipinski definition) is 2. The zero-order chi connectivity index (χ0) is 16.9. The monoisotopic (exact) mass is 321 g/mol. The molecule has 3 aromatic rings. The number of carbonyl (C=O) groups excluding carboxylic acids is 1. The third-order valence-corrected chi connectivity index (χ3v) is 3.41. The number of aromatic amines is 1. The molecule has 1 heterocycles. The van der Waals surface area contributed by atoms with Crippen molar-refractivity contribution >= 4 is 11.6 Å². The Morgan fingerprint density at radius 2 is 1.79 bits per heavy atom. The van der Waals surface area contributed by atoms with Crippen molar-refractivity contribution in [2.24, 2.45) is 0 Å². The van der Waals surface area contributed by atoms with Crippen LogP contribution in [0.15, 0.2) is 65.5 Å². The van der Waals surface area contributed by atoms with E-state index in [-0.39, 0.29) is 5.69 Å². The Bertz CT molecular complexity index is 903. The molecule has 3 rings (SSSR count). The summed E-state index contributed by atoms with van der Waals surface area (Å²) in [4.78, 5) is 30.5. The summed E-state index contributed by atoms with van der Waals surface area (Å²) < 4.78 is 5.10. The molecule has 0 aliphatic carbocycles. The van der Waals surface area contributed by atoms with E-state index >= 15 is 0 Å². The highest BCUT2D eigenvalue weighted by molar-refractivity contribution is 6.03. The molecule has 0 unspecified atom stereocenters. The number of amides is 1. The molecule has 0 fully saturated rings. The zero-order valence-electron chi connectivity index (χ0n) is 12.9. The molecule has 0 saturated heterocycles. The molecule has 0 aliphatic rings. The molecule has 1 aromatic heterocycles. The van der Waals surface area contributed by atoms with Crippen molar-refractivity contribution in [2.45, 2.75) is 0 Å². The first-order valence-electron chi connectivity index (χ1n) is 7.28. The lowest BCUT2D eigenvalue weighted by atomic mass is 10.1. The van der Waals surface area contributed by atoms with Gasteiger partial charge >= 0.3 is 5.69 Å². The summed E-state index contributed by atoms with van der Waals surface area (Å²) in [5.74, 6) is 0.293. The van der Waals surface area contributed by atoms with Gasteiger partial charge in [0.15, 0.2) is 0 Å². The maximum absolute atomic E-state index is 12.3. The van der Waals surface area contributed by atoms with E-state index in [2.05, 4.69) is 15.3 Å². The molecule has 0 spiro atoms. The normalized spacial score (nSPS) is 10.2. The second-order valence-electron chi connectivity index (χ2n) is 5.03. The Labute approximate surface area is 138 Å². The largest absolute Gasteiger partial charge is 0.497 e. The van der Waals surface area contributed by atoms with E-state index in [4.69, 9.17) is 4.74 Å². The maximum Gasteiger partial charge on any atom is 0.346 e. The van der Waals surface area contributed by atoms with Crippen LogP contribution in [0.25, 0.3) is 11.3 Å². The van der Waals surface area contributed by atoms with E-state index < -0.39 is 11.6 Å². The number of H-pyrrole nitrogens is 1. The van der Waals surface area contributed by atoms with E-state index in [0.29, 0.717) is 17.1 Å². The van der Waals surface area contributed by atoms with Gasteiger partial charge in [-0.25, -0.2) is 4.79 Å². The maximum atomic E-state index is 12.3. The van der Waals surface area contributed by atoms with Gasteiger partial charge in [-0.2, -0.15) is 4.98 Å². The third kappa shape index (κ3) is 3.49. The van der Waals surface area contributed by atoms with Gasteiger partial charge in [0.25, 0.3) is 5.91 Å². The number of nitrogens with one attached hydrogen (secondary N) is 2. The Morgan fingerprint density at radius 1 is 1.08 bits per heavy atom. The number of benzene rings is 2. The molecule has 120 valence electrons. The van der Waals surface area contributed by atoms with Crippen molar-refractivity contribution in [2.75, 3.05) is 12.4 Å². The molecule has 2 N–H and O–H groups in total. The standard InChI is InChI=1S/C18H15N3O3/c1-24-14-9-7-12(8-10-14)15-11-16(21-18(23)20-15)17(22)19-13-5-3-2-4-6-13/h2-11H,1H3,(H,19,22)(H,20,21,23). The van der Waals surface area contributed by atoms with Gasteiger partial charge in [-0.3, -0.25) is 4.79 Å². The first-order chi connectivity index (χ1) is 11.7. The number of ether oxygens (including phenoxy) is 1. The average molecular weight is 321 g/mol. The second-order valence-corrected chi connectivity index (χ2v) is 5.03. The van der Waals surface area contributed by atoms with E-state index in [1.54, 1.807) is 49.6 Å². The fraction of sp³-hybridized carbons (Fsp3) is 0.0556. The SMILES string of the molecule is COc1ccc(-c2cc(C(=O)Nc3ccccc3)[nH]c(=O)n2)cc1. The van der Waals surface area contributed by atoms with Crippen molar-refractivity contribution in [3.05, 3.63) is 76.8 Å². The number of aromatic nitrogens is 2. The summed E-state index contributed by atoms with van der Waals surface area (Å²) in [6, 6.07) is 17.6. The minimum atomic E-state index is -0.582. The van der Waals surface area contributed by atoms with Crippen molar-refractivity contribution in [1.82, 2.24) is 9.97 Å². The highest BCUT2D eigenvalue weighted by atomic mass is 16.5. The van der Waals surface area contributed by atoms with Crippen molar-refractivity contribution in [3.8, 4) is 17.0 Å². The minimum absolute atomic E-state index is 0.143. The first kappa shape index (κ1) is 15.5. The fourth-order valence-electron chi connectivity index (χ4n) is 2.21. The number of nitrogens with zero attached hydrogens (tertiary/aromatic N) is 1. The van der Waals surface area contributed by atoms with Crippen LogP contribution < -0.4 is 15.7 Å². The molecule has 1 amide bonds. The van der Waals surface area contributed by atoms with Crippen LogP contribution in [0.1, 0.15) is 10.5 Å². The molecule has 6 nitrogen and oxygen atoms in total. The molecular weight excluding hydrogens is 306 g/mol. The van der Waals surface area contributed by atoms with Crippen LogP contribution in [0.4, 0.5) is 5.69 Å². The Kier molecular flexibility index (Phi) is 4.38. The van der Waals surface area contributed by atoms with Crippen LogP contribution in [0.2, 0.25) is 0 Å². The number of carbonyl (C=O) groups is 1. The zero-order valence-corrected chi connectivity index (χ0v) is 12.9. The van der Waals surface area contributed by atoms with Gasteiger partial charge in [0.1, 0.15) is 11.4 Å². The molecule has 6 heteroatoms. The van der Waals surface area contributed by atoms with Crippen molar-refractivity contribution in [1.29, 1.82) is 0 Å². The molecular formula is C18H15N3O3. The van der Waals surface area contributed by atoms with Crippen molar-refractivity contribution < 1.29 is 9.53 Å². The molecule has 24 heavy (non-hydrogen) atoms. The predicted molar refractivity (Wildman–Crippen MR) is 91.2 cm³/mol. The summed E-state index contributed by atoms with van der Waals surface area (Å²) in [5, 5.41) is 2.73. The van der Waals surface area contributed by atoms with E-state index in [1.807, 2.05) is 18.2 Å². The Balaban J connectivity index is 1.90. The number of anilines is 1. The number of methoxy groups -OCH3 is 1. The van der Waals surface area contributed by atoms with E-state index in [0.717, 1.165) is 5.56 Å². The lowest BCUT2D eigenvalue weighted by Gasteiger charge is -2.07. The molecule has 0 bridgehead atoms. The highest BCUT2D eigenvalue weighted by Crippen LogP contribution is 2.20. The number of rotatable bonds is 4. The smallest absolute Gasteiger partial charge is 0.346 e. The number of hydrogen-bond acceptors (Lipinski definition) is 4. The first-order valence-corrected chi connectivity index (χ1v) is 7.28. The molecule has 0 atom stereocenters. The van der Waals surface area contributed by atoms with Gasteiger partial charge in [0.05, 0.1) is 12.8 Å². The van der Waals surface area contributed by atoms with E-state index in [1.165, 1.54) is 0 Å². The van der Waals surface area contributed by atoms with Gasteiger partial charge in [-0.15, -0.1) is 0 Å². The van der Waals surface area contributed by atoms with Gasteiger partial charge in [-0.05, 0) is 42.5 Å². The Hall–Kier alpha value is -3.41. The summed E-state index contributed by atoms with van der Waals surface area (Å²) in [5.41, 5.74) is 1.34. The highest BCUT2D eigenvalue weighted by Gasteiger charge is 2.11. The van der Waals surface area contributed by atoms with E-state index in [9.17, 15) is 9.59 Å². The van der Waals surface area contributed by atoms with Crippen LogP contribution in [0.3, 0.4) is 0 Å². The van der Waals surface area contributed by atoms with Crippen LogP contribution in [0, 0.1) is 0 Å². The van der Waals surface area contributed by atoms with Gasteiger partial charge in [-0.1, -0.05) is 18.2 Å². The van der Waals surface area contributed by atoms with Crippen molar-refractivity contribution in [3.63, 3.8) is 0 Å². The minimum Gasteiger partial charge on any atom is -0.497 e. The molecule has 0 radical (unpaired) electrons. The quantitative estimate of drug-likeness (QED) is 0.774. The van der Waals surface area contributed by atoms with Gasteiger partial charge < -0.3 is 15.0 Å². The van der Waals surface area contributed by atoms with Gasteiger partial charge in [0, 0.05) is 11.3 Å². The van der Waals surface area contributed by atoms with Crippen LogP contribution in [-0.2, 0) is 0 Å². The fourth-order valence-corrected chi connectivity index (χ4v) is 2.21. The summed E-state index contributed by atoms with van der Waals surface area (Å²) in [6.07, 6.45) is 0. The number of para-hydroxylation sites is 1. The van der Waals surface area contributed by atoms with Crippen LogP contribution >= 0.6 is 0 Å². The van der Waals surface area contributed by atoms with Crippen LogP contribution in [-0.4, -0.2) is 23.0 Å². The summed E-state index contributed by atoms with van der Waals surface area (Å²) >= 11 is 0. The Morgan fingerprint density at radius 3 is 2.46 bits per heavy atom. The summed E-state index contributed by atoms with van der Waals surface area (Å²) in [6.45, 7) is 0. The molecule has 0 saturated carbocycles. The van der Waals surface area contributed by atoms with Crippen LogP contribution in [0.5, 0.6) is 5.75 Å². The topological polar surface area (TPSA) is 84.1 Å². The molecule has 0 aliphatic heterocycles. The molecule has 2 aromatic carbocycles. The second kappa shape index (κ2) is 6.78. The van der Waals surface area contributed by atoms with Gasteiger partial charge in [0.2, 0.25) is 0 Å². The average Bonchev–Trinajstić information content (AvgIpc) is 2.62. The predicted octanol–water partition coefficient (Wildman–Crippen LogP) is 2.70. The lowest BCUT2D eigenvalue weighted by Crippen LogP contribution is -2.21.